The van der Waals surface area contributed by atoms with Gasteiger partial charge < -0.3 is 0 Å². The van der Waals surface area contributed by atoms with Gasteiger partial charge in [0.15, 0.2) is 0 Å². The number of hydrogen-bond donors (Lipinski definition) is 0. The molecule has 0 amide bonds. The van der Waals surface area contributed by atoms with Crippen LogP contribution in [0.3, 0.4) is 0 Å². The fraction of sp³-hybridized carbons (Fsp3) is 0.238. The Hall–Kier alpha value is -2.43. The molecule has 1 fully saturated rings. The zero-order valence-electron chi connectivity index (χ0n) is 14.5. The first-order chi connectivity index (χ1) is 12.3. The van der Waals surface area contributed by atoms with Crippen LogP contribution in [0.4, 0.5) is 0 Å². The Balaban J connectivity index is 0.00000196. The van der Waals surface area contributed by atoms with E-state index in [1.54, 1.807) is 5.01 Å². The summed E-state index contributed by atoms with van der Waals surface area (Å²) in [4.78, 5) is 13.5. The normalized spacial score (nSPS) is 17.7. The number of halogens is 1. The Morgan fingerprint density at radius 1 is 0.885 bits per heavy atom. The van der Waals surface area contributed by atoms with Crippen LogP contribution < -0.4 is 0 Å². The highest BCUT2D eigenvalue weighted by atomic mass is 35.5. The molecule has 4 nitrogen and oxygen atoms in total. The molecule has 0 aliphatic carbocycles. The molecular weight excluding hydrogens is 346 g/mol. The van der Waals surface area contributed by atoms with Crippen molar-refractivity contribution in [1.29, 1.82) is 0 Å². The molecule has 1 heterocycles. The lowest BCUT2D eigenvalue weighted by atomic mass is 10.00. The molecule has 3 aromatic carbocycles. The van der Waals surface area contributed by atoms with E-state index in [0.29, 0.717) is 13.1 Å². The molecule has 0 bridgehead atoms. The average Bonchev–Trinajstić information content (AvgIpc) is 2.69. The maximum absolute atomic E-state index is 11.0. The molecule has 1 unspecified atom stereocenters. The third kappa shape index (κ3) is 3.71. The highest BCUT2D eigenvalue weighted by Gasteiger charge is 2.28. The molecule has 0 saturated carbocycles. The smallest absolute Gasteiger partial charge is 0.0590 e. The fourth-order valence-corrected chi connectivity index (χ4v) is 3.71. The SMILES string of the molecule is Cl.O=NN1CCN(Cc2cccc3ccccc23)C(c2ccccc2)C1. The topological polar surface area (TPSA) is 35.9 Å². The summed E-state index contributed by atoms with van der Waals surface area (Å²) in [6.07, 6.45) is 0. The standard InChI is InChI=1S/C21H21N3O.ClH/c25-22-24-14-13-23(21(16-24)18-8-2-1-3-9-18)15-19-11-6-10-17-7-4-5-12-20(17)19;/h1-12,21H,13-16H2;1H. The molecule has 1 aliphatic rings. The van der Waals surface area contributed by atoms with Crippen molar-refractivity contribution in [3.05, 3.63) is 88.8 Å². The lowest BCUT2D eigenvalue weighted by Gasteiger charge is -2.39. The number of piperazine rings is 1. The van der Waals surface area contributed by atoms with E-state index in [4.69, 9.17) is 0 Å². The van der Waals surface area contributed by atoms with Crippen molar-refractivity contribution in [1.82, 2.24) is 9.91 Å². The van der Waals surface area contributed by atoms with E-state index in [2.05, 4.69) is 76.9 Å². The summed E-state index contributed by atoms with van der Waals surface area (Å²) in [5.41, 5.74) is 2.56. The van der Waals surface area contributed by atoms with Crippen LogP contribution in [-0.2, 0) is 6.54 Å². The van der Waals surface area contributed by atoms with Crippen LogP contribution in [0.25, 0.3) is 10.8 Å². The van der Waals surface area contributed by atoms with Gasteiger partial charge in [-0.3, -0.25) is 9.91 Å². The van der Waals surface area contributed by atoms with Gasteiger partial charge in [0, 0.05) is 13.1 Å². The van der Waals surface area contributed by atoms with E-state index in [0.717, 1.165) is 13.1 Å². The second-order valence-electron chi connectivity index (χ2n) is 6.53. The van der Waals surface area contributed by atoms with Crippen molar-refractivity contribution in [3.63, 3.8) is 0 Å². The van der Waals surface area contributed by atoms with Crippen molar-refractivity contribution in [2.24, 2.45) is 5.29 Å². The van der Waals surface area contributed by atoms with E-state index in [-0.39, 0.29) is 18.4 Å². The molecule has 3 aromatic rings. The Labute approximate surface area is 159 Å². The van der Waals surface area contributed by atoms with Gasteiger partial charge >= 0.3 is 0 Å². The molecule has 1 atom stereocenters. The molecule has 0 N–H and O–H groups in total. The number of benzene rings is 3. The summed E-state index contributed by atoms with van der Waals surface area (Å²) in [5, 5.41) is 7.37. The van der Waals surface area contributed by atoms with Crippen LogP contribution >= 0.6 is 12.4 Å². The largest absolute Gasteiger partial charge is 0.288 e. The van der Waals surface area contributed by atoms with E-state index in [9.17, 15) is 4.91 Å². The zero-order chi connectivity index (χ0) is 17.1. The van der Waals surface area contributed by atoms with Crippen LogP contribution in [0.15, 0.2) is 78.1 Å². The molecule has 1 aliphatic heterocycles. The minimum Gasteiger partial charge on any atom is -0.288 e. The van der Waals surface area contributed by atoms with Gasteiger partial charge in [-0.05, 0) is 21.9 Å². The lowest BCUT2D eigenvalue weighted by molar-refractivity contribution is 0.0690. The Bertz CT molecular complexity index is 866. The second kappa shape index (κ2) is 8.30. The van der Waals surface area contributed by atoms with Gasteiger partial charge in [-0.2, -0.15) is 0 Å². The molecule has 4 rings (SSSR count). The van der Waals surface area contributed by atoms with Gasteiger partial charge in [0.1, 0.15) is 0 Å². The van der Waals surface area contributed by atoms with Gasteiger partial charge in [0.2, 0.25) is 0 Å². The molecule has 1 saturated heterocycles. The first-order valence-electron chi connectivity index (χ1n) is 8.69. The van der Waals surface area contributed by atoms with Crippen LogP contribution in [0.5, 0.6) is 0 Å². The Morgan fingerprint density at radius 2 is 1.62 bits per heavy atom. The van der Waals surface area contributed by atoms with E-state index in [1.807, 2.05) is 6.07 Å². The van der Waals surface area contributed by atoms with Crippen LogP contribution in [0, 0.1) is 4.91 Å². The number of hydrogen-bond acceptors (Lipinski definition) is 3. The lowest BCUT2D eigenvalue weighted by Crippen LogP contribution is -2.45. The predicted octanol–water partition coefficient (Wildman–Crippen LogP) is 4.80. The van der Waals surface area contributed by atoms with Crippen molar-refractivity contribution in [2.75, 3.05) is 19.6 Å². The fourth-order valence-electron chi connectivity index (χ4n) is 3.71. The Morgan fingerprint density at radius 3 is 2.42 bits per heavy atom. The summed E-state index contributed by atoms with van der Waals surface area (Å²) in [6.45, 7) is 3.01. The Kier molecular flexibility index (Phi) is 5.86. The highest BCUT2D eigenvalue weighted by Crippen LogP contribution is 2.29. The van der Waals surface area contributed by atoms with E-state index >= 15 is 0 Å². The van der Waals surface area contributed by atoms with Gasteiger partial charge in [0.05, 0.1) is 24.4 Å². The van der Waals surface area contributed by atoms with Gasteiger partial charge in [-0.1, -0.05) is 72.8 Å². The summed E-state index contributed by atoms with van der Waals surface area (Å²) >= 11 is 0. The van der Waals surface area contributed by atoms with Gasteiger partial charge in [-0.25, -0.2) is 0 Å². The number of fused-ring (bicyclic) bond motifs is 1. The van der Waals surface area contributed by atoms with Crippen LogP contribution in [0.2, 0.25) is 0 Å². The van der Waals surface area contributed by atoms with Crippen molar-refractivity contribution < 1.29 is 0 Å². The quantitative estimate of drug-likeness (QED) is 0.621. The van der Waals surface area contributed by atoms with Crippen molar-refractivity contribution >= 4 is 23.2 Å². The van der Waals surface area contributed by atoms with Crippen molar-refractivity contribution in [2.45, 2.75) is 12.6 Å². The van der Waals surface area contributed by atoms with E-state index < -0.39 is 0 Å². The third-order valence-corrected chi connectivity index (χ3v) is 5.02. The first kappa shape index (κ1) is 18.4. The maximum Gasteiger partial charge on any atom is 0.0590 e. The maximum atomic E-state index is 11.0. The zero-order valence-corrected chi connectivity index (χ0v) is 15.3. The molecule has 134 valence electrons. The van der Waals surface area contributed by atoms with Gasteiger partial charge in [-0.15, -0.1) is 17.3 Å². The molecule has 0 aromatic heterocycles. The van der Waals surface area contributed by atoms with Crippen LogP contribution in [-0.4, -0.2) is 29.5 Å². The minimum absolute atomic E-state index is 0. The molecule has 0 radical (unpaired) electrons. The minimum atomic E-state index is 0. The summed E-state index contributed by atoms with van der Waals surface area (Å²) in [5.74, 6) is 0. The second-order valence-corrected chi connectivity index (χ2v) is 6.53. The third-order valence-electron chi connectivity index (χ3n) is 5.02. The summed E-state index contributed by atoms with van der Waals surface area (Å²) in [6, 6.07) is 25.6. The summed E-state index contributed by atoms with van der Waals surface area (Å²) < 4.78 is 0. The highest BCUT2D eigenvalue weighted by molar-refractivity contribution is 5.86. The van der Waals surface area contributed by atoms with Gasteiger partial charge in [0.25, 0.3) is 0 Å². The molecule has 0 spiro atoms. The number of nitrogens with zero attached hydrogens (tertiary/aromatic N) is 3. The molecular formula is C21H22ClN3O. The predicted molar refractivity (Wildman–Crippen MR) is 108 cm³/mol. The average molecular weight is 368 g/mol. The number of rotatable bonds is 4. The van der Waals surface area contributed by atoms with Crippen molar-refractivity contribution in [3.8, 4) is 0 Å². The van der Waals surface area contributed by atoms with E-state index in [1.165, 1.54) is 21.9 Å². The number of nitroso groups, excluding NO2 is 1. The van der Waals surface area contributed by atoms with Crippen LogP contribution in [0.1, 0.15) is 17.2 Å². The summed E-state index contributed by atoms with van der Waals surface area (Å²) in [7, 11) is 0. The first-order valence-corrected chi connectivity index (χ1v) is 8.69. The monoisotopic (exact) mass is 367 g/mol. The molecule has 26 heavy (non-hydrogen) atoms. The molecule has 5 heteroatoms.